The molecule has 0 unspecified atom stereocenters. The predicted molar refractivity (Wildman–Crippen MR) is 245 cm³/mol. The number of piperidine rings is 1. The Bertz CT molecular complexity index is 2310. The Labute approximate surface area is 385 Å². The molecule has 3 aliphatic rings. The number of aromatic amines is 2. The summed E-state index contributed by atoms with van der Waals surface area (Å²) in [4.78, 5) is 72.6. The Morgan fingerprint density at radius 1 is 0.682 bits per heavy atom. The van der Waals surface area contributed by atoms with Crippen LogP contribution in [-0.2, 0) is 28.5 Å². The maximum Gasteiger partial charge on any atom is 0.407 e. The molecule has 18 heteroatoms. The number of amides is 4. The van der Waals surface area contributed by atoms with Crippen molar-refractivity contribution in [1.82, 2.24) is 40.4 Å². The summed E-state index contributed by atoms with van der Waals surface area (Å²) in [6, 6.07) is 10.1. The van der Waals surface area contributed by atoms with Crippen molar-refractivity contribution in [2.75, 3.05) is 61.4 Å². The van der Waals surface area contributed by atoms with E-state index in [9.17, 15) is 19.2 Å². The lowest BCUT2D eigenvalue weighted by molar-refractivity contribution is -0.139. The number of H-pyrrole nitrogens is 2. The zero-order valence-corrected chi connectivity index (χ0v) is 39.2. The molecule has 6 atom stereocenters. The molecule has 4 aromatic rings. The van der Waals surface area contributed by atoms with Gasteiger partial charge in [0, 0.05) is 37.9 Å². The highest BCUT2D eigenvalue weighted by molar-refractivity contribution is 5.88. The summed E-state index contributed by atoms with van der Waals surface area (Å²) in [5, 5.41) is 5.46. The van der Waals surface area contributed by atoms with E-state index in [1.165, 1.54) is 14.2 Å². The van der Waals surface area contributed by atoms with E-state index in [1.54, 1.807) is 25.3 Å². The number of nitrogens with one attached hydrogen (secondary N) is 4. The van der Waals surface area contributed by atoms with Gasteiger partial charge in [0.15, 0.2) is 11.5 Å². The number of rotatable bonds is 19. The van der Waals surface area contributed by atoms with Gasteiger partial charge in [0.05, 0.1) is 63.3 Å². The molecule has 0 spiro atoms. The molecule has 2 bridgehead atoms. The van der Waals surface area contributed by atoms with Crippen LogP contribution >= 0.6 is 0 Å². The molecule has 2 aliphatic heterocycles. The third-order valence-corrected chi connectivity index (χ3v) is 12.9. The number of fused-ring (bicyclic) bond motifs is 2. The molecule has 356 valence electrons. The minimum absolute atomic E-state index is 0.0839. The summed E-state index contributed by atoms with van der Waals surface area (Å²) in [5.41, 5.74) is 4.77. The van der Waals surface area contributed by atoms with Gasteiger partial charge >= 0.3 is 12.2 Å². The van der Waals surface area contributed by atoms with Crippen molar-refractivity contribution >= 4 is 24.0 Å². The van der Waals surface area contributed by atoms with Crippen LogP contribution in [-0.4, -0.2) is 133 Å². The second kappa shape index (κ2) is 21.4. The van der Waals surface area contributed by atoms with E-state index in [4.69, 9.17) is 38.4 Å². The van der Waals surface area contributed by atoms with Crippen LogP contribution < -0.4 is 20.1 Å². The molecule has 3 fully saturated rings. The summed E-state index contributed by atoms with van der Waals surface area (Å²) < 4.78 is 33.4. The zero-order chi connectivity index (χ0) is 47.1. The fourth-order valence-corrected chi connectivity index (χ4v) is 9.56. The maximum atomic E-state index is 14.1. The Kier molecular flexibility index (Phi) is 15.5. The molecule has 1 aliphatic carbocycles. The van der Waals surface area contributed by atoms with Gasteiger partial charge in [0.2, 0.25) is 11.8 Å². The van der Waals surface area contributed by atoms with Crippen LogP contribution in [0.1, 0.15) is 83.5 Å². The van der Waals surface area contributed by atoms with Crippen molar-refractivity contribution < 1.29 is 47.6 Å². The molecule has 1 saturated carbocycles. The molecule has 2 saturated heterocycles. The number of nitrogens with zero attached hydrogens (tertiary/aromatic N) is 4. The van der Waals surface area contributed by atoms with Crippen molar-refractivity contribution in [3.8, 4) is 45.1 Å². The Balaban J connectivity index is 1.17. The number of hydrogen-bond donors (Lipinski definition) is 4. The smallest absolute Gasteiger partial charge is 0.407 e. The maximum absolute atomic E-state index is 14.1. The lowest BCUT2D eigenvalue weighted by Crippen LogP contribution is -2.54. The van der Waals surface area contributed by atoms with Gasteiger partial charge in [-0.2, -0.15) is 0 Å². The van der Waals surface area contributed by atoms with Gasteiger partial charge in [-0.25, -0.2) is 19.6 Å². The molecule has 4 N–H and O–H groups in total. The largest absolute Gasteiger partial charge is 0.487 e. The number of likely N-dealkylation sites (tertiary alicyclic amines) is 2. The number of alkyl carbamates (subject to hydrolysis) is 2. The lowest BCUT2D eigenvalue weighted by atomic mass is 9.95. The van der Waals surface area contributed by atoms with E-state index in [0.29, 0.717) is 54.8 Å². The number of aromatic nitrogens is 4. The molecule has 2 aromatic carbocycles. The predicted octanol–water partition coefficient (Wildman–Crippen LogP) is 6.66. The molecule has 4 amide bonds. The third-order valence-electron chi connectivity index (χ3n) is 12.9. The van der Waals surface area contributed by atoms with Crippen molar-refractivity contribution in [3.05, 3.63) is 60.4 Å². The number of ether oxygens (including phenoxy) is 6. The minimum Gasteiger partial charge on any atom is -0.487 e. The average molecular weight is 913 g/mol. The summed E-state index contributed by atoms with van der Waals surface area (Å²) in [5.74, 6) is 2.01. The highest BCUT2D eigenvalue weighted by atomic mass is 16.6. The van der Waals surface area contributed by atoms with Gasteiger partial charge in [0.1, 0.15) is 36.9 Å². The van der Waals surface area contributed by atoms with Crippen LogP contribution in [0.4, 0.5) is 9.59 Å². The van der Waals surface area contributed by atoms with Crippen LogP contribution in [0.15, 0.2) is 48.8 Å². The fourth-order valence-electron chi connectivity index (χ4n) is 9.56. The van der Waals surface area contributed by atoms with Gasteiger partial charge < -0.3 is 58.8 Å². The normalized spacial score (nSPS) is 19.8. The summed E-state index contributed by atoms with van der Waals surface area (Å²) in [7, 11) is 5.80. The molecule has 66 heavy (non-hydrogen) atoms. The quantitative estimate of drug-likeness (QED) is 0.0728. The van der Waals surface area contributed by atoms with E-state index in [1.807, 2.05) is 75.2 Å². The van der Waals surface area contributed by atoms with Gasteiger partial charge in [-0.05, 0) is 73.1 Å². The van der Waals surface area contributed by atoms with Crippen molar-refractivity contribution in [3.63, 3.8) is 0 Å². The highest BCUT2D eigenvalue weighted by Crippen LogP contribution is 2.50. The first-order valence-corrected chi connectivity index (χ1v) is 22.8. The number of carbonyl (C=O) groups is 4. The SMILES string of the molecule is COCCOc1c(-c2ccc(-c3cnc([C@@H]4[C@@H]5CC[C@H](C5)N4C(=O)[C@@H](NC(=O)OC)C(C)C)[nH]3)cc2)ccc(-c2cnc([C@@H]3CCCN3C(=O)[C@@H](NC(=O)OC)C(C)C)[nH]2)c1OCCOC. The van der Waals surface area contributed by atoms with Gasteiger partial charge in [0.25, 0.3) is 0 Å². The molecule has 7 rings (SSSR count). The number of methoxy groups -OCH3 is 4. The highest BCUT2D eigenvalue weighted by Gasteiger charge is 2.51. The van der Waals surface area contributed by atoms with E-state index < -0.39 is 24.3 Å². The van der Waals surface area contributed by atoms with E-state index in [-0.39, 0.29) is 60.9 Å². The van der Waals surface area contributed by atoms with E-state index in [2.05, 4.69) is 20.6 Å². The monoisotopic (exact) mass is 912 g/mol. The van der Waals surface area contributed by atoms with Crippen LogP contribution in [0.2, 0.25) is 0 Å². The van der Waals surface area contributed by atoms with Crippen LogP contribution in [0, 0.1) is 17.8 Å². The molecular formula is C48H64N8O10. The van der Waals surface area contributed by atoms with Crippen LogP contribution in [0.5, 0.6) is 11.5 Å². The zero-order valence-electron chi connectivity index (χ0n) is 39.2. The van der Waals surface area contributed by atoms with Gasteiger partial charge in [-0.15, -0.1) is 0 Å². The number of carbonyl (C=O) groups excluding carboxylic acids is 4. The first kappa shape index (κ1) is 47.8. The summed E-state index contributed by atoms with van der Waals surface area (Å²) in [6.07, 6.45) is 6.56. The van der Waals surface area contributed by atoms with Crippen LogP contribution in [0.25, 0.3) is 33.6 Å². The van der Waals surface area contributed by atoms with Crippen molar-refractivity contribution in [1.29, 1.82) is 0 Å². The first-order chi connectivity index (χ1) is 31.9. The topological polar surface area (TPSA) is 212 Å². The second-order valence-electron chi connectivity index (χ2n) is 17.8. The molecule has 2 aromatic heterocycles. The van der Waals surface area contributed by atoms with Gasteiger partial charge in [-0.1, -0.05) is 52.0 Å². The Morgan fingerprint density at radius 3 is 1.86 bits per heavy atom. The number of hydrogen-bond acceptors (Lipinski definition) is 12. The fraction of sp³-hybridized carbons (Fsp3) is 0.542. The van der Waals surface area contributed by atoms with E-state index in [0.717, 1.165) is 53.9 Å². The van der Waals surface area contributed by atoms with Gasteiger partial charge in [-0.3, -0.25) is 9.59 Å². The third kappa shape index (κ3) is 10.1. The van der Waals surface area contributed by atoms with Crippen molar-refractivity contribution in [2.45, 2.75) is 90.0 Å². The average Bonchev–Trinajstić information content (AvgIpc) is 4.19. The summed E-state index contributed by atoms with van der Waals surface area (Å²) in [6.45, 7) is 9.31. The molecule has 4 heterocycles. The number of imidazole rings is 2. The Hall–Kier alpha value is -6.14. The summed E-state index contributed by atoms with van der Waals surface area (Å²) >= 11 is 0. The standard InChI is InChI=1S/C48H64N8O10/c1-27(2)38(53-47(59)63-7)45(57)55-19-9-10-37(55)43-49-26-36(52-43)34-18-17-33(41(65-22-20-61-5)42(34)66-23-21-62-6)29-11-13-30(14-12-29)35-25-50-44(51-35)40-31-15-16-32(24-31)56(40)46(58)39(28(3)4)54-48(60)64-8/h11-14,17-18,25-28,31-32,37-40H,9-10,15-16,19-24H2,1-8H3,(H,49,52)(H,50,51)(H,53,59)(H,54,60)/t31-,32-,37+,38+,39+,40+/m1/s1. The number of benzene rings is 2. The van der Waals surface area contributed by atoms with E-state index >= 15 is 0 Å². The lowest BCUT2D eigenvalue weighted by Gasteiger charge is -2.37. The van der Waals surface area contributed by atoms with Crippen molar-refractivity contribution in [2.24, 2.45) is 17.8 Å². The second-order valence-corrected chi connectivity index (χ2v) is 17.8. The first-order valence-electron chi connectivity index (χ1n) is 22.8. The minimum atomic E-state index is -0.754. The molecule has 18 nitrogen and oxygen atoms in total. The molecular weight excluding hydrogens is 849 g/mol. The van der Waals surface area contributed by atoms with Crippen LogP contribution in [0.3, 0.4) is 0 Å². The Morgan fingerprint density at radius 2 is 1.24 bits per heavy atom. The molecule has 0 radical (unpaired) electrons.